The molecule has 0 aliphatic heterocycles. The fourth-order valence-corrected chi connectivity index (χ4v) is 2.97. The van der Waals surface area contributed by atoms with E-state index in [1.165, 1.54) is 45.4 Å². The summed E-state index contributed by atoms with van der Waals surface area (Å²) in [5.41, 5.74) is 6.73. The van der Waals surface area contributed by atoms with Gasteiger partial charge in [-0.3, -0.25) is 9.59 Å². The first-order valence-corrected chi connectivity index (χ1v) is 9.03. The van der Waals surface area contributed by atoms with Gasteiger partial charge in [0.2, 0.25) is 5.91 Å². The van der Waals surface area contributed by atoms with Crippen molar-refractivity contribution in [3.63, 3.8) is 0 Å². The van der Waals surface area contributed by atoms with E-state index in [1.807, 2.05) is 6.07 Å². The zero-order chi connectivity index (χ0) is 17.9. The third kappa shape index (κ3) is 6.69. The lowest BCUT2D eigenvalue weighted by Crippen LogP contribution is -2.20. The Balaban J connectivity index is 2.64. The number of rotatable bonds is 11. The third-order valence-electron chi connectivity index (χ3n) is 4.30. The van der Waals surface area contributed by atoms with Crippen LogP contribution in [0.1, 0.15) is 94.0 Å². The number of nitrogens with two attached hydrogens (primary N) is 1. The van der Waals surface area contributed by atoms with Crippen LogP contribution in [-0.2, 0) is 4.79 Å². The number of nitrogens with one attached hydrogen (secondary N) is 1. The van der Waals surface area contributed by atoms with Gasteiger partial charge in [-0.15, -0.1) is 0 Å². The van der Waals surface area contributed by atoms with Crippen LogP contribution < -0.4 is 11.1 Å². The van der Waals surface area contributed by atoms with Crippen LogP contribution in [0, 0.1) is 0 Å². The van der Waals surface area contributed by atoms with E-state index < -0.39 is 5.91 Å². The fraction of sp³-hybridized carbons (Fsp3) is 0.632. The van der Waals surface area contributed by atoms with Crippen LogP contribution in [0.4, 0.5) is 5.82 Å². The monoisotopic (exact) mass is 333 g/mol. The van der Waals surface area contributed by atoms with Crippen molar-refractivity contribution in [1.82, 2.24) is 4.98 Å². The molecular formula is C19H31N3O2. The smallest absolute Gasteiger partial charge is 0.252 e. The highest BCUT2D eigenvalue weighted by atomic mass is 16.2. The number of hydrogen-bond acceptors (Lipinski definition) is 3. The Morgan fingerprint density at radius 2 is 1.79 bits per heavy atom. The number of amides is 2. The maximum Gasteiger partial charge on any atom is 0.252 e. The number of aromatic nitrogens is 1. The predicted octanol–water partition coefficient (Wildman–Crippen LogP) is 4.38. The standard InChI is InChI=1S/C19H31N3O2/c1-4-5-6-7-8-9-10-11-14(2)16-12-13-21-19(22-15(3)23)17(16)18(20)24/h12-14H,4-11H2,1-3H3,(H2,20,24)(H,21,22,23). The van der Waals surface area contributed by atoms with Gasteiger partial charge in [0.05, 0.1) is 5.56 Å². The quantitative estimate of drug-likeness (QED) is 0.589. The Kier molecular flexibility index (Phi) is 9.05. The summed E-state index contributed by atoms with van der Waals surface area (Å²) in [5, 5.41) is 2.60. The highest BCUT2D eigenvalue weighted by molar-refractivity contribution is 6.02. The van der Waals surface area contributed by atoms with Gasteiger partial charge in [-0.25, -0.2) is 4.98 Å². The molecule has 5 nitrogen and oxygen atoms in total. The molecule has 0 spiro atoms. The summed E-state index contributed by atoms with van der Waals surface area (Å²) >= 11 is 0. The van der Waals surface area contributed by atoms with Crippen LogP contribution in [0.5, 0.6) is 0 Å². The minimum Gasteiger partial charge on any atom is -0.365 e. The second-order valence-corrected chi connectivity index (χ2v) is 6.48. The summed E-state index contributed by atoms with van der Waals surface area (Å²) in [7, 11) is 0. The van der Waals surface area contributed by atoms with Gasteiger partial charge in [-0.1, -0.05) is 58.8 Å². The Bertz CT molecular complexity index is 543. The Labute approximate surface area is 145 Å². The zero-order valence-electron chi connectivity index (χ0n) is 15.2. The molecule has 1 atom stereocenters. The van der Waals surface area contributed by atoms with E-state index in [0.29, 0.717) is 5.56 Å². The number of unbranched alkanes of at least 4 members (excludes halogenated alkanes) is 6. The highest BCUT2D eigenvalue weighted by Gasteiger charge is 2.19. The molecule has 0 aliphatic carbocycles. The largest absolute Gasteiger partial charge is 0.365 e. The molecule has 0 radical (unpaired) electrons. The van der Waals surface area contributed by atoms with Gasteiger partial charge in [0.25, 0.3) is 5.91 Å². The lowest BCUT2D eigenvalue weighted by atomic mass is 9.91. The summed E-state index contributed by atoms with van der Waals surface area (Å²) < 4.78 is 0. The number of anilines is 1. The van der Waals surface area contributed by atoms with Crippen molar-refractivity contribution >= 4 is 17.6 Å². The molecule has 1 rings (SSSR count). The van der Waals surface area contributed by atoms with Crippen molar-refractivity contribution in [2.75, 3.05) is 5.32 Å². The summed E-state index contributed by atoms with van der Waals surface area (Å²) in [6.45, 7) is 5.71. The summed E-state index contributed by atoms with van der Waals surface area (Å²) in [4.78, 5) is 27.2. The third-order valence-corrected chi connectivity index (χ3v) is 4.30. The number of carbonyl (C=O) groups excluding carboxylic acids is 2. The first-order valence-electron chi connectivity index (χ1n) is 9.03. The molecule has 0 fully saturated rings. The molecule has 134 valence electrons. The van der Waals surface area contributed by atoms with Crippen LogP contribution in [-0.4, -0.2) is 16.8 Å². The molecule has 1 heterocycles. The van der Waals surface area contributed by atoms with Gasteiger partial charge in [0.15, 0.2) is 0 Å². The average Bonchev–Trinajstić information content (AvgIpc) is 2.52. The van der Waals surface area contributed by atoms with Gasteiger partial charge < -0.3 is 11.1 Å². The van der Waals surface area contributed by atoms with E-state index in [2.05, 4.69) is 24.1 Å². The minimum atomic E-state index is -0.548. The Morgan fingerprint density at radius 1 is 1.17 bits per heavy atom. The molecule has 0 bridgehead atoms. The molecule has 0 saturated heterocycles. The highest BCUT2D eigenvalue weighted by Crippen LogP contribution is 2.28. The number of nitrogens with zero attached hydrogens (tertiary/aromatic N) is 1. The van der Waals surface area contributed by atoms with E-state index in [4.69, 9.17) is 5.73 Å². The Morgan fingerprint density at radius 3 is 2.38 bits per heavy atom. The van der Waals surface area contributed by atoms with Crippen LogP contribution in [0.25, 0.3) is 0 Å². The molecule has 5 heteroatoms. The second kappa shape index (κ2) is 10.8. The SMILES string of the molecule is CCCCCCCCCC(C)c1ccnc(NC(C)=O)c1C(N)=O. The van der Waals surface area contributed by atoms with Gasteiger partial charge in [-0.2, -0.15) is 0 Å². The van der Waals surface area contributed by atoms with Crippen LogP contribution in [0.2, 0.25) is 0 Å². The number of primary amides is 1. The van der Waals surface area contributed by atoms with Gasteiger partial charge in [0, 0.05) is 13.1 Å². The van der Waals surface area contributed by atoms with Crippen LogP contribution in [0.3, 0.4) is 0 Å². The van der Waals surface area contributed by atoms with Crippen molar-refractivity contribution in [3.8, 4) is 0 Å². The van der Waals surface area contributed by atoms with Gasteiger partial charge >= 0.3 is 0 Å². The first-order chi connectivity index (χ1) is 11.5. The fourth-order valence-electron chi connectivity index (χ4n) is 2.97. The van der Waals surface area contributed by atoms with E-state index >= 15 is 0 Å². The maximum absolute atomic E-state index is 11.8. The predicted molar refractivity (Wildman–Crippen MR) is 98.1 cm³/mol. The normalized spacial score (nSPS) is 12.0. The second-order valence-electron chi connectivity index (χ2n) is 6.48. The molecule has 1 aromatic heterocycles. The lowest BCUT2D eigenvalue weighted by molar-refractivity contribution is -0.114. The van der Waals surface area contributed by atoms with Crippen molar-refractivity contribution in [2.45, 2.75) is 78.1 Å². The van der Waals surface area contributed by atoms with Gasteiger partial charge in [-0.05, 0) is 24.0 Å². The molecule has 3 N–H and O–H groups in total. The van der Waals surface area contributed by atoms with E-state index in [0.717, 1.165) is 18.4 Å². The summed E-state index contributed by atoms with van der Waals surface area (Å²) in [6, 6.07) is 1.83. The summed E-state index contributed by atoms with van der Waals surface area (Å²) in [6.07, 6.45) is 11.4. The van der Waals surface area contributed by atoms with Crippen molar-refractivity contribution in [3.05, 3.63) is 23.4 Å². The number of carbonyl (C=O) groups is 2. The molecule has 2 amide bonds. The first kappa shape index (κ1) is 20.1. The topological polar surface area (TPSA) is 85.1 Å². The maximum atomic E-state index is 11.8. The minimum absolute atomic E-state index is 0.207. The van der Waals surface area contributed by atoms with Crippen molar-refractivity contribution in [2.24, 2.45) is 5.73 Å². The lowest BCUT2D eigenvalue weighted by Gasteiger charge is -2.17. The molecular weight excluding hydrogens is 302 g/mol. The molecule has 0 aliphatic rings. The van der Waals surface area contributed by atoms with Crippen molar-refractivity contribution < 1.29 is 9.59 Å². The van der Waals surface area contributed by atoms with E-state index in [1.54, 1.807) is 6.20 Å². The van der Waals surface area contributed by atoms with E-state index in [9.17, 15) is 9.59 Å². The van der Waals surface area contributed by atoms with Crippen molar-refractivity contribution in [1.29, 1.82) is 0 Å². The molecule has 0 saturated carbocycles. The molecule has 0 aromatic carbocycles. The number of pyridine rings is 1. The van der Waals surface area contributed by atoms with Gasteiger partial charge in [0.1, 0.15) is 5.82 Å². The average molecular weight is 333 g/mol. The summed E-state index contributed by atoms with van der Waals surface area (Å²) in [5.74, 6) is -0.340. The van der Waals surface area contributed by atoms with E-state index in [-0.39, 0.29) is 17.6 Å². The Hall–Kier alpha value is -1.91. The zero-order valence-corrected chi connectivity index (χ0v) is 15.2. The molecule has 1 aromatic rings. The van der Waals surface area contributed by atoms with Crippen LogP contribution >= 0.6 is 0 Å². The molecule has 24 heavy (non-hydrogen) atoms. The number of hydrogen-bond donors (Lipinski definition) is 2. The molecule has 1 unspecified atom stereocenters. The van der Waals surface area contributed by atoms with Crippen LogP contribution in [0.15, 0.2) is 12.3 Å².